The van der Waals surface area contributed by atoms with Crippen LogP contribution in [0.3, 0.4) is 0 Å². The molecule has 3 aromatic rings. The zero-order valence-electron chi connectivity index (χ0n) is 14.8. The largest absolute Gasteiger partial charge is 0.433 e. The lowest BCUT2D eigenvalue weighted by Gasteiger charge is -2.12. The maximum Gasteiger partial charge on any atom is 0.433 e. The van der Waals surface area contributed by atoms with Crippen LogP contribution >= 0.6 is 11.6 Å². The number of hydrogen-bond donors (Lipinski definition) is 2. The number of urea groups is 1. The Labute approximate surface area is 174 Å². The minimum atomic E-state index is -4.81. The van der Waals surface area contributed by atoms with Crippen LogP contribution in [-0.2, 0) is 16.2 Å². The second-order valence-electron chi connectivity index (χ2n) is 5.84. The van der Waals surface area contributed by atoms with Crippen molar-refractivity contribution in [2.75, 3.05) is 5.32 Å². The molecule has 7 nitrogen and oxygen atoms in total. The molecule has 0 aliphatic carbocycles. The summed E-state index contributed by atoms with van der Waals surface area (Å²) >= 11 is 5.73. The van der Waals surface area contributed by atoms with E-state index in [9.17, 15) is 26.4 Å². The van der Waals surface area contributed by atoms with E-state index in [1.807, 2.05) is 5.32 Å². The van der Waals surface area contributed by atoms with Gasteiger partial charge in [-0.3, -0.25) is 5.32 Å². The van der Waals surface area contributed by atoms with E-state index in [1.165, 1.54) is 30.3 Å². The SMILES string of the molecule is O=C(Nc1nc(-c2ccccc2)cc(C(F)(F)F)n1)NS(=O)(=O)c1cccc(Cl)c1. The Kier molecular flexibility index (Phi) is 5.94. The minimum absolute atomic E-state index is 0.106. The number of amides is 2. The Morgan fingerprint density at radius 2 is 1.67 bits per heavy atom. The van der Waals surface area contributed by atoms with Crippen LogP contribution in [0.15, 0.2) is 65.6 Å². The van der Waals surface area contributed by atoms with Crippen LogP contribution in [0.25, 0.3) is 11.3 Å². The van der Waals surface area contributed by atoms with E-state index in [0.29, 0.717) is 5.56 Å². The van der Waals surface area contributed by atoms with Crippen molar-refractivity contribution in [3.8, 4) is 11.3 Å². The second kappa shape index (κ2) is 8.28. The lowest BCUT2D eigenvalue weighted by Crippen LogP contribution is -2.35. The summed E-state index contributed by atoms with van der Waals surface area (Å²) in [6.45, 7) is 0. The normalized spacial score (nSPS) is 11.7. The molecule has 0 saturated heterocycles. The molecule has 0 spiro atoms. The molecule has 0 saturated carbocycles. The fourth-order valence-electron chi connectivity index (χ4n) is 2.35. The summed E-state index contributed by atoms with van der Waals surface area (Å²) in [6.07, 6.45) is -4.81. The van der Waals surface area contributed by atoms with Crippen molar-refractivity contribution in [2.24, 2.45) is 0 Å². The quantitative estimate of drug-likeness (QED) is 0.608. The van der Waals surface area contributed by atoms with E-state index < -0.39 is 33.9 Å². The molecule has 30 heavy (non-hydrogen) atoms. The Morgan fingerprint density at radius 3 is 2.30 bits per heavy atom. The number of nitrogens with one attached hydrogen (secondary N) is 2. The van der Waals surface area contributed by atoms with Crippen molar-refractivity contribution in [2.45, 2.75) is 11.1 Å². The summed E-state index contributed by atoms with van der Waals surface area (Å²) in [6, 6.07) is 12.4. The van der Waals surface area contributed by atoms with E-state index >= 15 is 0 Å². The number of halogens is 4. The summed E-state index contributed by atoms with van der Waals surface area (Å²) in [4.78, 5) is 18.9. The molecule has 156 valence electrons. The van der Waals surface area contributed by atoms with Crippen molar-refractivity contribution in [3.05, 3.63) is 71.4 Å². The first kappa shape index (κ1) is 21.5. The molecule has 12 heteroatoms. The molecule has 0 aliphatic heterocycles. The van der Waals surface area contributed by atoms with Gasteiger partial charge in [0.05, 0.1) is 10.6 Å². The van der Waals surface area contributed by atoms with Gasteiger partial charge in [-0.1, -0.05) is 48.0 Å². The van der Waals surface area contributed by atoms with E-state index in [0.717, 1.165) is 12.1 Å². The number of carbonyl (C=O) groups excluding carboxylic acids is 1. The predicted octanol–water partition coefficient (Wildman–Crippen LogP) is 4.33. The zero-order chi connectivity index (χ0) is 21.9. The maximum absolute atomic E-state index is 13.2. The highest BCUT2D eigenvalue weighted by Gasteiger charge is 2.34. The molecule has 0 bridgehead atoms. The minimum Gasteiger partial charge on any atom is -0.275 e. The van der Waals surface area contributed by atoms with Crippen LogP contribution in [0.2, 0.25) is 5.02 Å². The molecule has 0 aliphatic rings. The summed E-state index contributed by atoms with van der Waals surface area (Å²) in [5.41, 5.74) is -1.06. The van der Waals surface area contributed by atoms with Crippen LogP contribution in [0, 0.1) is 0 Å². The number of carbonyl (C=O) groups is 1. The first-order valence-corrected chi connectivity index (χ1v) is 10.0. The number of aromatic nitrogens is 2. The van der Waals surface area contributed by atoms with E-state index in [-0.39, 0.29) is 15.6 Å². The molecule has 1 heterocycles. The van der Waals surface area contributed by atoms with Crippen LogP contribution in [0.5, 0.6) is 0 Å². The van der Waals surface area contributed by atoms with Gasteiger partial charge in [-0.2, -0.15) is 13.2 Å². The van der Waals surface area contributed by atoms with Crippen molar-refractivity contribution in [1.82, 2.24) is 14.7 Å². The number of anilines is 1. The lowest BCUT2D eigenvalue weighted by molar-refractivity contribution is -0.141. The summed E-state index contributed by atoms with van der Waals surface area (Å²) in [5.74, 6) is -0.720. The van der Waals surface area contributed by atoms with Crippen molar-refractivity contribution in [1.29, 1.82) is 0 Å². The molecule has 0 fully saturated rings. The average molecular weight is 457 g/mol. The number of hydrogen-bond acceptors (Lipinski definition) is 5. The molecular weight excluding hydrogens is 445 g/mol. The number of alkyl halides is 3. The van der Waals surface area contributed by atoms with Gasteiger partial charge in [0, 0.05) is 10.6 Å². The molecule has 3 rings (SSSR count). The Balaban J connectivity index is 1.89. The van der Waals surface area contributed by atoms with E-state index in [4.69, 9.17) is 11.6 Å². The Bertz CT molecular complexity index is 1190. The van der Waals surface area contributed by atoms with Crippen molar-refractivity contribution < 1.29 is 26.4 Å². The molecule has 1 aromatic heterocycles. The third-order valence-electron chi connectivity index (χ3n) is 3.64. The van der Waals surface area contributed by atoms with Gasteiger partial charge < -0.3 is 0 Å². The van der Waals surface area contributed by atoms with Gasteiger partial charge in [0.1, 0.15) is 0 Å². The van der Waals surface area contributed by atoms with E-state index in [2.05, 4.69) is 9.97 Å². The van der Waals surface area contributed by atoms with Crippen LogP contribution in [-0.4, -0.2) is 24.4 Å². The summed E-state index contributed by atoms with van der Waals surface area (Å²) < 4.78 is 65.8. The highest BCUT2D eigenvalue weighted by atomic mass is 35.5. The fraction of sp³-hybridized carbons (Fsp3) is 0.0556. The smallest absolute Gasteiger partial charge is 0.275 e. The molecule has 0 unspecified atom stereocenters. The zero-order valence-corrected chi connectivity index (χ0v) is 16.4. The standard InChI is InChI=1S/C18H12ClF3N4O3S/c19-12-7-4-8-13(9-12)30(28,29)26-17(27)25-16-23-14(11-5-2-1-3-6-11)10-15(24-16)18(20,21)22/h1-10H,(H2,23,24,25,26,27). The van der Waals surface area contributed by atoms with Gasteiger partial charge in [-0.15, -0.1) is 0 Å². The Hall–Kier alpha value is -3.18. The summed E-state index contributed by atoms with van der Waals surface area (Å²) in [5, 5.41) is 2.04. The van der Waals surface area contributed by atoms with Crippen molar-refractivity contribution in [3.63, 3.8) is 0 Å². The molecular formula is C18H12ClF3N4O3S. The van der Waals surface area contributed by atoms with Gasteiger partial charge in [0.2, 0.25) is 5.95 Å². The monoisotopic (exact) mass is 456 g/mol. The number of benzene rings is 2. The molecule has 0 atom stereocenters. The Morgan fingerprint density at radius 1 is 0.967 bits per heavy atom. The van der Waals surface area contributed by atoms with Gasteiger partial charge >= 0.3 is 12.2 Å². The maximum atomic E-state index is 13.2. The number of sulfonamides is 1. The predicted molar refractivity (Wildman–Crippen MR) is 103 cm³/mol. The van der Waals surface area contributed by atoms with Crippen molar-refractivity contribution >= 4 is 33.6 Å². The van der Waals surface area contributed by atoms with Gasteiger partial charge in [-0.05, 0) is 24.3 Å². The van der Waals surface area contributed by atoms with Crippen LogP contribution < -0.4 is 10.0 Å². The topological polar surface area (TPSA) is 101 Å². The fourth-order valence-corrected chi connectivity index (χ4v) is 3.56. The average Bonchev–Trinajstić information content (AvgIpc) is 2.67. The highest BCUT2D eigenvalue weighted by Crippen LogP contribution is 2.31. The first-order valence-electron chi connectivity index (χ1n) is 8.16. The third kappa shape index (κ3) is 5.24. The molecule has 2 amide bonds. The molecule has 2 aromatic carbocycles. The van der Waals surface area contributed by atoms with Gasteiger partial charge in [0.15, 0.2) is 5.69 Å². The van der Waals surface area contributed by atoms with Crippen LogP contribution in [0.1, 0.15) is 5.69 Å². The second-order valence-corrected chi connectivity index (χ2v) is 7.96. The third-order valence-corrected chi connectivity index (χ3v) is 5.21. The molecule has 2 N–H and O–H groups in total. The van der Waals surface area contributed by atoms with Gasteiger partial charge in [0.25, 0.3) is 10.0 Å². The van der Waals surface area contributed by atoms with Gasteiger partial charge in [-0.25, -0.2) is 27.9 Å². The number of nitrogens with zero attached hydrogens (tertiary/aromatic N) is 2. The lowest BCUT2D eigenvalue weighted by atomic mass is 10.1. The highest BCUT2D eigenvalue weighted by molar-refractivity contribution is 7.90. The molecule has 0 radical (unpaired) electrons. The first-order chi connectivity index (χ1) is 14.0. The van der Waals surface area contributed by atoms with E-state index in [1.54, 1.807) is 22.9 Å². The van der Waals surface area contributed by atoms with Crippen LogP contribution in [0.4, 0.5) is 23.9 Å². The number of rotatable bonds is 4. The summed E-state index contributed by atoms with van der Waals surface area (Å²) in [7, 11) is -4.33.